The van der Waals surface area contributed by atoms with Gasteiger partial charge in [0.05, 0.1) is 0 Å². The van der Waals surface area contributed by atoms with E-state index in [2.05, 4.69) is 30.4 Å². The predicted molar refractivity (Wildman–Crippen MR) is 83.9 cm³/mol. The van der Waals surface area contributed by atoms with Crippen molar-refractivity contribution in [3.8, 4) is 0 Å². The van der Waals surface area contributed by atoms with E-state index in [1.807, 2.05) is 6.07 Å². The molecule has 1 aromatic rings. The number of halogens is 1. The molecule has 0 radical (unpaired) electrons. The van der Waals surface area contributed by atoms with E-state index in [9.17, 15) is 0 Å². The molecule has 0 amide bonds. The van der Waals surface area contributed by atoms with Crippen LogP contribution in [0, 0.1) is 29.6 Å². The van der Waals surface area contributed by atoms with E-state index in [-0.39, 0.29) is 0 Å². The first-order valence-electron chi connectivity index (χ1n) is 8.25. The summed E-state index contributed by atoms with van der Waals surface area (Å²) in [6.45, 7) is 3.31. The zero-order valence-corrected chi connectivity index (χ0v) is 12.9. The molecule has 5 unspecified atom stereocenters. The molecule has 1 N–H and O–H groups in total. The second-order valence-corrected chi connectivity index (χ2v) is 7.50. The zero-order valence-electron chi connectivity index (χ0n) is 12.2. The summed E-state index contributed by atoms with van der Waals surface area (Å²) in [5.41, 5.74) is 1.39. The average Bonchev–Trinajstić information content (AvgIpc) is 2.86. The Labute approximate surface area is 127 Å². The van der Waals surface area contributed by atoms with Gasteiger partial charge < -0.3 is 5.32 Å². The SMILES string of the molecule is CCNC(Cc1cccc(Cl)c1)C1C2C3CCC(C3)C21. The Balaban J connectivity index is 1.49. The van der Waals surface area contributed by atoms with Crippen LogP contribution in [-0.2, 0) is 6.42 Å². The second-order valence-electron chi connectivity index (χ2n) is 7.06. The second kappa shape index (κ2) is 5.03. The molecule has 0 aliphatic heterocycles. The normalized spacial score (nSPS) is 38.8. The van der Waals surface area contributed by atoms with Gasteiger partial charge in [0.2, 0.25) is 0 Å². The molecule has 3 aliphatic carbocycles. The Morgan fingerprint density at radius 1 is 1.25 bits per heavy atom. The Morgan fingerprint density at radius 3 is 2.65 bits per heavy atom. The van der Waals surface area contributed by atoms with Gasteiger partial charge in [-0.3, -0.25) is 0 Å². The number of hydrogen-bond acceptors (Lipinski definition) is 1. The third kappa shape index (κ3) is 2.10. The molecule has 1 nitrogen and oxygen atoms in total. The van der Waals surface area contributed by atoms with Crippen LogP contribution in [0.5, 0.6) is 0 Å². The number of likely N-dealkylation sites (N-methyl/N-ethyl adjacent to an activating group) is 1. The van der Waals surface area contributed by atoms with Crippen LogP contribution in [0.1, 0.15) is 31.7 Å². The number of nitrogens with one attached hydrogen (secondary N) is 1. The van der Waals surface area contributed by atoms with E-state index in [0.717, 1.165) is 47.6 Å². The molecule has 0 heterocycles. The highest BCUT2D eigenvalue weighted by atomic mass is 35.5. The third-order valence-electron chi connectivity index (χ3n) is 6.07. The maximum Gasteiger partial charge on any atom is 0.0408 e. The standard InChI is InChI=1S/C18H24ClN/c1-2-20-15(9-11-4-3-5-14(19)8-11)18-16-12-6-7-13(10-12)17(16)18/h3-5,8,12-13,15-18,20H,2,6-7,9-10H2,1H3. The first-order chi connectivity index (χ1) is 9.78. The van der Waals surface area contributed by atoms with Gasteiger partial charge in [0, 0.05) is 11.1 Å². The van der Waals surface area contributed by atoms with Gasteiger partial charge in [0.15, 0.2) is 0 Å². The summed E-state index contributed by atoms with van der Waals surface area (Å²) >= 11 is 6.13. The molecular weight excluding hydrogens is 266 g/mol. The molecule has 3 aliphatic rings. The first-order valence-corrected chi connectivity index (χ1v) is 8.63. The molecule has 3 saturated carbocycles. The molecule has 4 rings (SSSR count). The van der Waals surface area contributed by atoms with Gasteiger partial charge in [-0.15, -0.1) is 0 Å². The largest absolute Gasteiger partial charge is 0.314 e. The lowest BCUT2D eigenvalue weighted by Crippen LogP contribution is -2.35. The third-order valence-corrected chi connectivity index (χ3v) is 6.31. The molecule has 5 atom stereocenters. The van der Waals surface area contributed by atoms with Crippen LogP contribution in [0.15, 0.2) is 24.3 Å². The summed E-state index contributed by atoms with van der Waals surface area (Å²) < 4.78 is 0. The molecule has 108 valence electrons. The highest BCUT2D eigenvalue weighted by Crippen LogP contribution is 2.70. The van der Waals surface area contributed by atoms with E-state index in [1.54, 1.807) is 6.42 Å². The topological polar surface area (TPSA) is 12.0 Å². The number of rotatable bonds is 5. The predicted octanol–water partition coefficient (Wildman–Crippen LogP) is 4.15. The van der Waals surface area contributed by atoms with Crippen molar-refractivity contribution in [1.29, 1.82) is 0 Å². The molecule has 2 heteroatoms. The number of fused-ring (bicyclic) bond motifs is 5. The van der Waals surface area contributed by atoms with Gasteiger partial charge >= 0.3 is 0 Å². The fraction of sp³-hybridized carbons (Fsp3) is 0.667. The molecule has 2 bridgehead atoms. The van der Waals surface area contributed by atoms with Gasteiger partial charge in [0.25, 0.3) is 0 Å². The first kappa shape index (κ1) is 13.2. The molecular formula is C18H24ClN. The molecule has 1 aromatic carbocycles. The van der Waals surface area contributed by atoms with Gasteiger partial charge in [-0.1, -0.05) is 30.7 Å². The minimum absolute atomic E-state index is 0.664. The summed E-state index contributed by atoms with van der Waals surface area (Å²) in [6.07, 6.45) is 5.71. The monoisotopic (exact) mass is 289 g/mol. The molecule has 0 aromatic heterocycles. The van der Waals surface area contributed by atoms with Crippen LogP contribution in [0.2, 0.25) is 5.02 Å². The lowest BCUT2D eigenvalue weighted by Gasteiger charge is -2.21. The molecule has 3 fully saturated rings. The van der Waals surface area contributed by atoms with Crippen molar-refractivity contribution in [2.24, 2.45) is 29.6 Å². The maximum atomic E-state index is 6.13. The lowest BCUT2D eigenvalue weighted by atomic mass is 9.93. The summed E-state index contributed by atoms with van der Waals surface area (Å²) in [7, 11) is 0. The van der Waals surface area contributed by atoms with Crippen molar-refractivity contribution in [2.45, 2.75) is 38.6 Å². The highest BCUT2D eigenvalue weighted by molar-refractivity contribution is 6.30. The van der Waals surface area contributed by atoms with E-state index >= 15 is 0 Å². The minimum Gasteiger partial charge on any atom is -0.314 e. The van der Waals surface area contributed by atoms with Crippen molar-refractivity contribution < 1.29 is 0 Å². The summed E-state index contributed by atoms with van der Waals surface area (Å²) in [6, 6.07) is 9.08. The van der Waals surface area contributed by atoms with Crippen LogP contribution in [0.25, 0.3) is 0 Å². The van der Waals surface area contributed by atoms with E-state index < -0.39 is 0 Å². The smallest absolute Gasteiger partial charge is 0.0408 e. The quantitative estimate of drug-likeness (QED) is 0.858. The average molecular weight is 290 g/mol. The fourth-order valence-electron chi connectivity index (χ4n) is 5.45. The van der Waals surface area contributed by atoms with Crippen LogP contribution in [-0.4, -0.2) is 12.6 Å². The zero-order chi connectivity index (χ0) is 13.7. The number of benzene rings is 1. The van der Waals surface area contributed by atoms with Crippen molar-refractivity contribution in [3.05, 3.63) is 34.9 Å². The summed E-state index contributed by atoms with van der Waals surface area (Å²) in [5.74, 6) is 5.18. The lowest BCUT2D eigenvalue weighted by molar-refractivity contribution is 0.366. The van der Waals surface area contributed by atoms with Crippen molar-refractivity contribution in [1.82, 2.24) is 5.32 Å². The Hall–Kier alpha value is -0.530. The molecule has 20 heavy (non-hydrogen) atoms. The van der Waals surface area contributed by atoms with Crippen molar-refractivity contribution in [2.75, 3.05) is 6.54 Å². The summed E-state index contributed by atoms with van der Waals surface area (Å²) in [5, 5.41) is 4.64. The Bertz CT molecular complexity index is 484. The van der Waals surface area contributed by atoms with Gasteiger partial charge in [-0.25, -0.2) is 0 Å². The van der Waals surface area contributed by atoms with Gasteiger partial charge in [-0.05, 0) is 79.5 Å². The van der Waals surface area contributed by atoms with Gasteiger partial charge in [-0.2, -0.15) is 0 Å². The highest BCUT2D eigenvalue weighted by Gasteiger charge is 2.66. The Kier molecular flexibility index (Phi) is 3.31. The maximum absolute atomic E-state index is 6.13. The van der Waals surface area contributed by atoms with Crippen LogP contribution in [0.3, 0.4) is 0 Å². The minimum atomic E-state index is 0.664. The van der Waals surface area contributed by atoms with Crippen LogP contribution >= 0.6 is 11.6 Å². The van der Waals surface area contributed by atoms with E-state index in [0.29, 0.717) is 6.04 Å². The van der Waals surface area contributed by atoms with Gasteiger partial charge in [0.1, 0.15) is 0 Å². The number of hydrogen-bond donors (Lipinski definition) is 1. The Morgan fingerprint density at radius 2 is 2.00 bits per heavy atom. The van der Waals surface area contributed by atoms with Crippen LogP contribution < -0.4 is 5.32 Å². The van der Waals surface area contributed by atoms with E-state index in [1.165, 1.54) is 18.4 Å². The summed E-state index contributed by atoms with van der Waals surface area (Å²) in [4.78, 5) is 0. The van der Waals surface area contributed by atoms with Crippen molar-refractivity contribution >= 4 is 11.6 Å². The van der Waals surface area contributed by atoms with Crippen LogP contribution in [0.4, 0.5) is 0 Å². The molecule has 0 spiro atoms. The van der Waals surface area contributed by atoms with Crippen molar-refractivity contribution in [3.63, 3.8) is 0 Å². The fourth-order valence-corrected chi connectivity index (χ4v) is 5.67. The van der Waals surface area contributed by atoms with E-state index in [4.69, 9.17) is 11.6 Å². The molecule has 0 saturated heterocycles.